The summed E-state index contributed by atoms with van der Waals surface area (Å²) in [4.78, 5) is 19.2. The van der Waals surface area contributed by atoms with Gasteiger partial charge in [-0.1, -0.05) is 44.2 Å². The molecule has 134 valence electrons. The van der Waals surface area contributed by atoms with Crippen molar-refractivity contribution in [1.82, 2.24) is 14.5 Å². The van der Waals surface area contributed by atoms with Crippen LogP contribution in [-0.4, -0.2) is 44.7 Å². The second kappa shape index (κ2) is 7.37. The zero-order valence-electron chi connectivity index (χ0n) is 14.8. The third-order valence-corrected chi connectivity index (χ3v) is 4.62. The molecule has 0 fully saturated rings. The van der Waals surface area contributed by atoms with Gasteiger partial charge in [0.2, 0.25) is 5.91 Å². The van der Waals surface area contributed by atoms with E-state index in [0.29, 0.717) is 19.0 Å². The number of carbonyl (C=O) groups is 1. The molecule has 2 atom stereocenters. The molecule has 0 saturated heterocycles. The van der Waals surface area contributed by atoms with Gasteiger partial charge in [0.1, 0.15) is 11.9 Å². The number of aromatic nitrogens is 2. The van der Waals surface area contributed by atoms with Gasteiger partial charge in [-0.05, 0) is 12.3 Å². The van der Waals surface area contributed by atoms with Gasteiger partial charge in [0.05, 0.1) is 18.3 Å². The van der Waals surface area contributed by atoms with Crippen molar-refractivity contribution in [3.63, 3.8) is 0 Å². The van der Waals surface area contributed by atoms with E-state index in [-0.39, 0.29) is 18.6 Å². The molecule has 6 nitrogen and oxygen atoms in total. The van der Waals surface area contributed by atoms with Crippen LogP contribution in [0.2, 0.25) is 0 Å². The number of imidazole rings is 1. The Morgan fingerprint density at radius 2 is 2.04 bits per heavy atom. The van der Waals surface area contributed by atoms with Crippen molar-refractivity contribution in [1.29, 1.82) is 0 Å². The number of nitrogens with zero attached hydrogens (tertiary/aromatic N) is 3. The lowest BCUT2D eigenvalue weighted by Gasteiger charge is -2.38. The van der Waals surface area contributed by atoms with Crippen LogP contribution < -0.4 is 5.73 Å². The zero-order valence-corrected chi connectivity index (χ0v) is 14.8. The van der Waals surface area contributed by atoms with Crippen LogP contribution in [0.4, 0.5) is 0 Å². The number of benzene rings is 1. The molecule has 1 aromatic heterocycles. The summed E-state index contributed by atoms with van der Waals surface area (Å²) < 4.78 is 2.14. The molecule has 6 heteroatoms. The van der Waals surface area contributed by atoms with E-state index >= 15 is 0 Å². The van der Waals surface area contributed by atoms with Crippen molar-refractivity contribution in [2.24, 2.45) is 11.7 Å². The van der Waals surface area contributed by atoms with Crippen LogP contribution in [-0.2, 0) is 11.3 Å². The monoisotopic (exact) mass is 342 g/mol. The minimum atomic E-state index is -0.871. The molecule has 0 radical (unpaired) electrons. The maximum absolute atomic E-state index is 12.6. The molecule has 0 bridgehead atoms. The van der Waals surface area contributed by atoms with Gasteiger partial charge in [0.25, 0.3) is 0 Å². The second-order valence-electron chi connectivity index (χ2n) is 7.01. The number of fused-ring (bicyclic) bond motifs is 1. The first-order valence-corrected chi connectivity index (χ1v) is 8.80. The molecule has 0 aliphatic carbocycles. The highest BCUT2D eigenvalue weighted by Crippen LogP contribution is 2.33. The number of carbonyl (C=O) groups excluding carboxylic acids is 1. The Hall–Kier alpha value is -2.18. The summed E-state index contributed by atoms with van der Waals surface area (Å²) in [5.74, 6) is 1.11. The molecular formula is C19H26N4O2. The Kier molecular flexibility index (Phi) is 5.20. The van der Waals surface area contributed by atoms with E-state index in [9.17, 15) is 9.90 Å². The van der Waals surface area contributed by atoms with Crippen LogP contribution in [0.3, 0.4) is 0 Å². The van der Waals surface area contributed by atoms with Crippen LogP contribution in [0.5, 0.6) is 0 Å². The Morgan fingerprint density at radius 1 is 1.32 bits per heavy atom. The summed E-state index contributed by atoms with van der Waals surface area (Å²) >= 11 is 0. The average molecular weight is 342 g/mol. The summed E-state index contributed by atoms with van der Waals surface area (Å²) in [5.41, 5.74) is 7.78. The van der Waals surface area contributed by atoms with E-state index in [1.807, 2.05) is 30.3 Å². The number of hydrogen-bond acceptors (Lipinski definition) is 4. The zero-order chi connectivity index (χ0) is 18.0. The van der Waals surface area contributed by atoms with Crippen molar-refractivity contribution in [3.8, 4) is 11.3 Å². The number of amides is 1. The van der Waals surface area contributed by atoms with Crippen molar-refractivity contribution in [2.75, 3.05) is 13.2 Å². The summed E-state index contributed by atoms with van der Waals surface area (Å²) in [6, 6.07) is 9.07. The van der Waals surface area contributed by atoms with E-state index in [0.717, 1.165) is 23.5 Å². The number of aliphatic hydroxyl groups is 1. The molecule has 1 aromatic carbocycles. The third kappa shape index (κ3) is 3.60. The highest BCUT2D eigenvalue weighted by molar-refractivity contribution is 5.82. The molecular weight excluding hydrogens is 316 g/mol. The topological polar surface area (TPSA) is 84.4 Å². The fourth-order valence-corrected chi connectivity index (χ4v) is 3.37. The van der Waals surface area contributed by atoms with E-state index < -0.39 is 6.04 Å². The lowest BCUT2D eigenvalue weighted by Crippen LogP contribution is -2.50. The summed E-state index contributed by atoms with van der Waals surface area (Å²) in [6.07, 6.45) is 2.88. The fourth-order valence-electron chi connectivity index (χ4n) is 3.37. The molecule has 0 unspecified atom stereocenters. The van der Waals surface area contributed by atoms with Gasteiger partial charge in [0, 0.05) is 24.8 Å². The van der Waals surface area contributed by atoms with Crippen LogP contribution in [0.25, 0.3) is 11.3 Å². The molecule has 1 aliphatic rings. The van der Waals surface area contributed by atoms with Gasteiger partial charge in [-0.15, -0.1) is 0 Å². The Bertz CT molecular complexity index is 726. The Morgan fingerprint density at radius 3 is 2.68 bits per heavy atom. The van der Waals surface area contributed by atoms with E-state index in [1.54, 1.807) is 4.90 Å². The maximum Gasteiger partial charge on any atom is 0.242 e. The lowest BCUT2D eigenvalue weighted by molar-refractivity contribution is -0.137. The molecule has 1 aliphatic heterocycles. The normalized spacial score (nSPS) is 18.3. The van der Waals surface area contributed by atoms with Crippen LogP contribution in [0.1, 0.15) is 32.1 Å². The summed E-state index contributed by atoms with van der Waals surface area (Å²) in [5, 5.41) is 9.26. The molecule has 3 N–H and O–H groups in total. The predicted octanol–water partition coefficient (Wildman–Crippen LogP) is 1.80. The smallest absolute Gasteiger partial charge is 0.242 e. The predicted molar refractivity (Wildman–Crippen MR) is 96.6 cm³/mol. The number of nitrogens with two attached hydrogens (primary N) is 1. The van der Waals surface area contributed by atoms with Crippen LogP contribution >= 0.6 is 0 Å². The van der Waals surface area contributed by atoms with E-state index in [4.69, 9.17) is 10.7 Å². The molecule has 0 spiro atoms. The minimum Gasteiger partial charge on any atom is -0.394 e. The molecule has 0 saturated carbocycles. The number of aliphatic hydroxyl groups excluding tert-OH is 1. The molecule has 3 rings (SSSR count). The average Bonchev–Trinajstić information content (AvgIpc) is 3.06. The Labute approximate surface area is 148 Å². The van der Waals surface area contributed by atoms with Gasteiger partial charge >= 0.3 is 0 Å². The highest BCUT2D eigenvalue weighted by Gasteiger charge is 2.35. The molecule has 1 amide bonds. The minimum absolute atomic E-state index is 0.115. The molecule has 2 heterocycles. The van der Waals surface area contributed by atoms with Gasteiger partial charge < -0.3 is 20.3 Å². The Balaban J connectivity index is 1.96. The van der Waals surface area contributed by atoms with Gasteiger partial charge in [-0.3, -0.25) is 4.79 Å². The number of rotatable bonds is 5. The molecule has 25 heavy (non-hydrogen) atoms. The first-order valence-electron chi connectivity index (χ1n) is 8.80. The maximum atomic E-state index is 12.6. The highest BCUT2D eigenvalue weighted by atomic mass is 16.3. The number of hydrogen-bond donors (Lipinski definition) is 2. The van der Waals surface area contributed by atoms with Crippen molar-refractivity contribution in [3.05, 3.63) is 42.4 Å². The first kappa shape index (κ1) is 17.6. The third-order valence-electron chi connectivity index (χ3n) is 4.62. The summed E-state index contributed by atoms with van der Waals surface area (Å²) in [6.45, 7) is 5.20. The molecule has 2 aromatic rings. The largest absolute Gasteiger partial charge is 0.394 e. The first-order chi connectivity index (χ1) is 12.0. The van der Waals surface area contributed by atoms with Crippen LogP contribution in [0, 0.1) is 5.92 Å². The standard InChI is InChI=1S/C19H26N4O2/c1-13(2)10-17-18-21-16(14-6-4-3-5-7-14)11-22(18)8-9-23(17)19(25)15(20)12-24/h3-7,11,13,15,17,24H,8-10,12,20H2,1-2H3/t15-,17+/m0/s1. The van der Waals surface area contributed by atoms with Crippen LogP contribution in [0.15, 0.2) is 36.5 Å². The van der Waals surface area contributed by atoms with E-state index in [1.165, 1.54) is 0 Å². The lowest BCUT2D eigenvalue weighted by atomic mass is 9.99. The fraction of sp³-hybridized carbons (Fsp3) is 0.474. The van der Waals surface area contributed by atoms with Gasteiger partial charge in [-0.25, -0.2) is 4.98 Å². The van der Waals surface area contributed by atoms with Crippen molar-refractivity contribution < 1.29 is 9.90 Å². The second-order valence-corrected chi connectivity index (χ2v) is 7.01. The van der Waals surface area contributed by atoms with Gasteiger partial charge in [-0.2, -0.15) is 0 Å². The van der Waals surface area contributed by atoms with Crippen molar-refractivity contribution >= 4 is 5.91 Å². The SMILES string of the molecule is CC(C)C[C@@H]1c2nc(-c3ccccc3)cn2CCN1C(=O)[C@@H](N)CO. The van der Waals surface area contributed by atoms with Crippen molar-refractivity contribution in [2.45, 2.75) is 38.9 Å². The quantitative estimate of drug-likeness (QED) is 0.868. The summed E-state index contributed by atoms with van der Waals surface area (Å²) in [7, 11) is 0. The van der Waals surface area contributed by atoms with Gasteiger partial charge in [0.15, 0.2) is 0 Å². The van der Waals surface area contributed by atoms with E-state index in [2.05, 4.69) is 24.6 Å².